The second-order valence-electron chi connectivity index (χ2n) is 7.29. The first kappa shape index (κ1) is 20.3. The summed E-state index contributed by atoms with van der Waals surface area (Å²) in [6.45, 7) is 1.95. The van der Waals surface area contributed by atoms with Crippen molar-refractivity contribution in [2.45, 2.75) is 5.03 Å². The molecule has 0 N–H and O–H groups in total. The zero-order chi connectivity index (χ0) is 21.9. The number of fused-ring (bicyclic) bond motifs is 1. The van der Waals surface area contributed by atoms with Gasteiger partial charge in [-0.05, 0) is 30.3 Å². The first-order valence-corrected chi connectivity index (χ1v) is 11.2. The van der Waals surface area contributed by atoms with E-state index in [0.717, 1.165) is 15.9 Å². The van der Waals surface area contributed by atoms with Gasteiger partial charge < -0.3 is 18.6 Å². The van der Waals surface area contributed by atoms with Crippen molar-refractivity contribution in [3.63, 3.8) is 0 Å². The van der Waals surface area contributed by atoms with Crippen LogP contribution in [-0.4, -0.2) is 63.5 Å². The lowest BCUT2D eigenvalue weighted by molar-refractivity contribution is -0.129. The minimum absolute atomic E-state index is 0.0161. The van der Waals surface area contributed by atoms with Gasteiger partial charge in [-0.25, -0.2) is 9.97 Å². The van der Waals surface area contributed by atoms with Gasteiger partial charge in [0.05, 0.1) is 23.8 Å². The number of hydrogen-bond acceptors (Lipinski definition) is 7. The maximum atomic E-state index is 12.8. The van der Waals surface area contributed by atoms with Crippen LogP contribution < -0.4 is 0 Å². The first-order valence-electron chi connectivity index (χ1n) is 10.2. The van der Waals surface area contributed by atoms with Crippen molar-refractivity contribution in [1.29, 1.82) is 0 Å². The third kappa shape index (κ3) is 4.11. The van der Waals surface area contributed by atoms with Crippen LogP contribution in [0.25, 0.3) is 22.5 Å². The number of benzene rings is 1. The molecule has 0 radical (unpaired) electrons. The van der Waals surface area contributed by atoms with Crippen molar-refractivity contribution in [3.05, 3.63) is 66.8 Å². The number of piperazine rings is 1. The predicted octanol–water partition coefficient (Wildman–Crippen LogP) is 3.56. The molecule has 0 atom stereocenters. The van der Waals surface area contributed by atoms with Gasteiger partial charge in [-0.2, -0.15) is 0 Å². The molecular formula is C23H20N4O4S. The number of hydrogen-bond donors (Lipinski definition) is 0. The average molecular weight is 449 g/mol. The van der Waals surface area contributed by atoms with E-state index < -0.39 is 0 Å². The van der Waals surface area contributed by atoms with Gasteiger partial charge in [-0.15, -0.1) is 0 Å². The van der Waals surface area contributed by atoms with Crippen LogP contribution in [0.4, 0.5) is 0 Å². The monoisotopic (exact) mass is 448 g/mol. The molecule has 0 saturated carbocycles. The summed E-state index contributed by atoms with van der Waals surface area (Å²) in [5.74, 6) is 1.53. The maximum Gasteiger partial charge on any atom is 0.289 e. The lowest BCUT2D eigenvalue weighted by Gasteiger charge is -2.34. The Balaban J connectivity index is 1.25. The van der Waals surface area contributed by atoms with Gasteiger partial charge in [0.15, 0.2) is 17.3 Å². The Bertz CT molecular complexity index is 1230. The Morgan fingerprint density at radius 1 is 0.875 bits per heavy atom. The molecule has 1 fully saturated rings. The predicted molar refractivity (Wildman–Crippen MR) is 119 cm³/mol. The molecule has 9 heteroatoms. The van der Waals surface area contributed by atoms with Crippen LogP contribution in [-0.2, 0) is 4.79 Å². The second-order valence-corrected chi connectivity index (χ2v) is 8.25. The topological polar surface area (TPSA) is 92.7 Å². The van der Waals surface area contributed by atoms with Crippen molar-refractivity contribution in [2.24, 2.45) is 0 Å². The summed E-state index contributed by atoms with van der Waals surface area (Å²) in [7, 11) is 0. The molecule has 0 aliphatic carbocycles. The Morgan fingerprint density at radius 2 is 1.62 bits per heavy atom. The number of thioether (sulfide) groups is 1. The highest BCUT2D eigenvalue weighted by Crippen LogP contribution is 2.28. The van der Waals surface area contributed by atoms with Crippen LogP contribution in [0.5, 0.6) is 0 Å². The van der Waals surface area contributed by atoms with E-state index in [1.54, 1.807) is 34.3 Å². The lowest BCUT2D eigenvalue weighted by Crippen LogP contribution is -2.51. The van der Waals surface area contributed by atoms with E-state index in [9.17, 15) is 9.59 Å². The molecule has 0 unspecified atom stereocenters. The van der Waals surface area contributed by atoms with Gasteiger partial charge >= 0.3 is 0 Å². The standard InChI is InChI=1S/C23H20N4O4S/c28-20(26-9-11-27(12-10-26)23(29)19-8-4-14-31-19)15-32-22-16-5-1-2-6-17(16)24-21(25-22)18-7-3-13-30-18/h1-8,13-14H,9-12,15H2. The highest BCUT2D eigenvalue weighted by atomic mass is 32.2. The summed E-state index contributed by atoms with van der Waals surface area (Å²) >= 11 is 1.39. The average Bonchev–Trinajstić information content (AvgIpc) is 3.56. The number of furan rings is 2. The van der Waals surface area contributed by atoms with Crippen molar-refractivity contribution in [3.8, 4) is 11.6 Å². The molecule has 8 nitrogen and oxygen atoms in total. The fourth-order valence-electron chi connectivity index (χ4n) is 3.61. The number of para-hydroxylation sites is 1. The molecule has 162 valence electrons. The van der Waals surface area contributed by atoms with Gasteiger partial charge in [0, 0.05) is 31.6 Å². The van der Waals surface area contributed by atoms with Crippen LogP contribution in [0, 0.1) is 0 Å². The smallest absolute Gasteiger partial charge is 0.289 e. The highest BCUT2D eigenvalue weighted by Gasteiger charge is 2.26. The molecule has 32 heavy (non-hydrogen) atoms. The van der Waals surface area contributed by atoms with Crippen molar-refractivity contribution >= 4 is 34.5 Å². The third-order valence-electron chi connectivity index (χ3n) is 5.29. The van der Waals surface area contributed by atoms with Gasteiger partial charge in [0.2, 0.25) is 5.91 Å². The quantitative estimate of drug-likeness (QED) is 0.340. The Kier molecular flexibility index (Phi) is 5.64. The van der Waals surface area contributed by atoms with Gasteiger partial charge in [0.25, 0.3) is 5.91 Å². The molecule has 1 saturated heterocycles. The van der Waals surface area contributed by atoms with Crippen LogP contribution in [0.15, 0.2) is 74.9 Å². The number of rotatable bonds is 5. The van der Waals surface area contributed by atoms with Gasteiger partial charge in [-0.1, -0.05) is 30.0 Å². The zero-order valence-electron chi connectivity index (χ0n) is 17.1. The minimum atomic E-state index is -0.144. The molecule has 0 bridgehead atoms. The van der Waals surface area contributed by atoms with Crippen molar-refractivity contribution < 1.29 is 18.4 Å². The molecule has 4 aromatic rings. The van der Waals surface area contributed by atoms with Crippen LogP contribution in [0.3, 0.4) is 0 Å². The largest absolute Gasteiger partial charge is 0.461 e. The molecule has 5 rings (SSSR count). The van der Waals surface area contributed by atoms with E-state index in [-0.39, 0.29) is 17.6 Å². The van der Waals surface area contributed by atoms with Crippen molar-refractivity contribution in [2.75, 3.05) is 31.9 Å². The van der Waals surface area contributed by atoms with E-state index >= 15 is 0 Å². The molecule has 0 spiro atoms. The minimum Gasteiger partial charge on any atom is -0.461 e. The summed E-state index contributed by atoms with van der Waals surface area (Å²) in [6, 6.07) is 14.7. The van der Waals surface area contributed by atoms with E-state index in [1.807, 2.05) is 30.3 Å². The Hall–Kier alpha value is -3.59. The SMILES string of the molecule is O=C(CSc1nc(-c2ccco2)nc2ccccc12)N1CCN(C(=O)c2ccco2)CC1. The van der Waals surface area contributed by atoms with Gasteiger partial charge in [-0.3, -0.25) is 9.59 Å². The summed E-state index contributed by atoms with van der Waals surface area (Å²) in [5, 5.41) is 1.64. The Morgan fingerprint density at radius 3 is 2.38 bits per heavy atom. The summed E-state index contributed by atoms with van der Waals surface area (Å²) in [5.41, 5.74) is 0.800. The molecule has 4 heterocycles. The number of amides is 2. The lowest BCUT2D eigenvalue weighted by atomic mass is 10.2. The second kappa shape index (κ2) is 8.88. The van der Waals surface area contributed by atoms with Crippen LogP contribution in [0.1, 0.15) is 10.6 Å². The Labute approximate surface area is 188 Å². The first-order chi connectivity index (χ1) is 15.7. The normalized spacial score (nSPS) is 14.1. The fourth-order valence-corrected chi connectivity index (χ4v) is 4.53. The summed E-state index contributed by atoms with van der Waals surface area (Å²) in [4.78, 5) is 38.0. The van der Waals surface area contributed by atoms with Crippen molar-refractivity contribution in [1.82, 2.24) is 19.8 Å². The summed E-state index contributed by atoms with van der Waals surface area (Å²) < 4.78 is 10.6. The van der Waals surface area contributed by atoms with E-state index in [0.29, 0.717) is 43.5 Å². The fraction of sp³-hybridized carbons (Fsp3) is 0.217. The van der Waals surface area contributed by atoms with Gasteiger partial charge in [0.1, 0.15) is 5.03 Å². The highest BCUT2D eigenvalue weighted by molar-refractivity contribution is 8.00. The number of carbonyl (C=O) groups is 2. The number of nitrogens with zero attached hydrogens (tertiary/aromatic N) is 4. The maximum absolute atomic E-state index is 12.8. The third-order valence-corrected chi connectivity index (χ3v) is 6.27. The van der Waals surface area contributed by atoms with E-state index in [4.69, 9.17) is 8.83 Å². The van der Waals surface area contributed by atoms with Crippen LogP contribution >= 0.6 is 11.8 Å². The molecule has 1 aliphatic heterocycles. The molecule has 1 aromatic carbocycles. The molecule has 3 aromatic heterocycles. The molecule has 2 amide bonds. The summed E-state index contributed by atoms with van der Waals surface area (Å²) in [6.07, 6.45) is 3.07. The molecule has 1 aliphatic rings. The van der Waals surface area contributed by atoms with E-state index in [1.165, 1.54) is 18.0 Å². The number of aromatic nitrogens is 2. The van der Waals surface area contributed by atoms with E-state index in [2.05, 4.69) is 9.97 Å². The van der Waals surface area contributed by atoms with Crippen LogP contribution in [0.2, 0.25) is 0 Å². The number of carbonyl (C=O) groups excluding carboxylic acids is 2. The molecular weight excluding hydrogens is 428 g/mol. The zero-order valence-corrected chi connectivity index (χ0v) is 18.0.